The molecule has 180 valence electrons. The zero-order chi connectivity index (χ0) is 23.5. The van der Waals surface area contributed by atoms with E-state index in [0.717, 1.165) is 38.5 Å². The van der Waals surface area contributed by atoms with E-state index in [1.807, 2.05) is 6.92 Å². The predicted octanol–water partition coefficient (Wildman–Crippen LogP) is 4.21. The standard InChI is InChI=1S/C26H40O6/c1-6-22(30)26(32-16(3)28)12-10-20-19-8-7-17-13-18(29)9-11-24(17,4)23(19)21(31-15(2)27)14-25(20,26)5/h17-21,23,29H,6-14H2,1-5H3/t17-,18-,19-,20-,21-,23+,24-,25-,26+/m0/s1. The molecule has 0 unspecified atom stereocenters. The van der Waals surface area contributed by atoms with Crippen molar-refractivity contribution in [2.45, 2.75) is 110 Å². The van der Waals surface area contributed by atoms with Gasteiger partial charge in [-0.3, -0.25) is 14.4 Å². The molecule has 0 aromatic heterocycles. The summed E-state index contributed by atoms with van der Waals surface area (Å²) in [6.45, 7) is 9.12. The number of fused-ring (bicyclic) bond motifs is 5. The van der Waals surface area contributed by atoms with Crippen LogP contribution in [0, 0.1) is 34.5 Å². The Kier molecular flexibility index (Phi) is 6.01. The lowest BCUT2D eigenvalue weighted by Gasteiger charge is -2.63. The van der Waals surface area contributed by atoms with E-state index in [9.17, 15) is 19.5 Å². The first kappa shape index (κ1) is 23.7. The van der Waals surface area contributed by atoms with Crippen molar-refractivity contribution in [1.29, 1.82) is 0 Å². The third-order valence-corrected chi connectivity index (χ3v) is 10.1. The second-order valence-corrected chi connectivity index (χ2v) is 11.5. The number of aliphatic hydroxyl groups is 1. The number of ketones is 1. The third kappa shape index (κ3) is 3.35. The van der Waals surface area contributed by atoms with Crippen LogP contribution in [0.2, 0.25) is 0 Å². The largest absolute Gasteiger partial charge is 0.462 e. The summed E-state index contributed by atoms with van der Waals surface area (Å²) in [5, 5.41) is 10.3. The number of carbonyl (C=O) groups is 3. The summed E-state index contributed by atoms with van der Waals surface area (Å²) in [7, 11) is 0. The second-order valence-electron chi connectivity index (χ2n) is 11.5. The second kappa shape index (κ2) is 8.11. The van der Waals surface area contributed by atoms with Crippen LogP contribution in [0.25, 0.3) is 0 Å². The van der Waals surface area contributed by atoms with Crippen molar-refractivity contribution in [2.24, 2.45) is 34.5 Å². The Balaban J connectivity index is 1.78. The number of rotatable bonds is 4. The Morgan fingerprint density at radius 2 is 1.72 bits per heavy atom. The molecule has 6 nitrogen and oxygen atoms in total. The fraction of sp³-hybridized carbons (Fsp3) is 0.885. The molecule has 1 N–H and O–H groups in total. The first-order valence-electron chi connectivity index (χ1n) is 12.6. The summed E-state index contributed by atoms with van der Waals surface area (Å²) in [5.41, 5.74) is -1.68. The van der Waals surface area contributed by atoms with Crippen molar-refractivity contribution in [3.8, 4) is 0 Å². The van der Waals surface area contributed by atoms with Gasteiger partial charge in [0.25, 0.3) is 0 Å². The molecule has 4 aliphatic carbocycles. The van der Waals surface area contributed by atoms with Gasteiger partial charge < -0.3 is 14.6 Å². The number of aliphatic hydroxyl groups excluding tert-OH is 1. The minimum Gasteiger partial charge on any atom is -0.462 e. The fourth-order valence-corrected chi connectivity index (χ4v) is 8.85. The maximum Gasteiger partial charge on any atom is 0.303 e. The monoisotopic (exact) mass is 448 g/mol. The minimum absolute atomic E-state index is 0.00500. The van der Waals surface area contributed by atoms with Crippen LogP contribution in [-0.2, 0) is 23.9 Å². The van der Waals surface area contributed by atoms with E-state index in [1.54, 1.807) is 0 Å². The maximum absolute atomic E-state index is 13.3. The van der Waals surface area contributed by atoms with Gasteiger partial charge in [0.1, 0.15) is 6.10 Å². The summed E-state index contributed by atoms with van der Waals surface area (Å²) in [4.78, 5) is 37.7. The highest BCUT2D eigenvalue weighted by Gasteiger charge is 2.71. The molecular weight excluding hydrogens is 408 g/mol. The highest BCUT2D eigenvalue weighted by atomic mass is 16.6. The van der Waals surface area contributed by atoms with Crippen molar-refractivity contribution in [3.63, 3.8) is 0 Å². The minimum atomic E-state index is -1.14. The number of Topliss-reactive ketones (excluding diaryl/α,β-unsaturated/α-hetero) is 1. The van der Waals surface area contributed by atoms with Gasteiger partial charge in [-0.2, -0.15) is 0 Å². The van der Waals surface area contributed by atoms with Gasteiger partial charge in [0.2, 0.25) is 0 Å². The number of ether oxygens (including phenoxy) is 2. The van der Waals surface area contributed by atoms with Crippen molar-refractivity contribution in [3.05, 3.63) is 0 Å². The van der Waals surface area contributed by atoms with E-state index in [1.165, 1.54) is 13.8 Å². The molecule has 32 heavy (non-hydrogen) atoms. The van der Waals surface area contributed by atoms with Crippen molar-refractivity contribution >= 4 is 17.7 Å². The molecule has 4 saturated carbocycles. The summed E-state index contributed by atoms with van der Waals surface area (Å²) >= 11 is 0. The van der Waals surface area contributed by atoms with Crippen molar-refractivity contribution in [1.82, 2.24) is 0 Å². The molecule has 0 spiro atoms. The van der Waals surface area contributed by atoms with Crippen LogP contribution in [0.15, 0.2) is 0 Å². The zero-order valence-electron chi connectivity index (χ0n) is 20.3. The highest BCUT2D eigenvalue weighted by Crippen LogP contribution is 2.69. The Bertz CT molecular complexity index is 793. The Morgan fingerprint density at radius 3 is 2.34 bits per heavy atom. The number of carbonyl (C=O) groups excluding carboxylic acids is 3. The average molecular weight is 449 g/mol. The van der Waals surface area contributed by atoms with Gasteiger partial charge in [0, 0.05) is 31.6 Å². The molecular formula is C26H40O6. The molecule has 0 aromatic rings. The maximum atomic E-state index is 13.3. The predicted molar refractivity (Wildman–Crippen MR) is 118 cm³/mol. The first-order chi connectivity index (χ1) is 15.0. The average Bonchev–Trinajstić information content (AvgIpc) is 2.99. The van der Waals surface area contributed by atoms with E-state index in [-0.39, 0.29) is 41.2 Å². The van der Waals surface area contributed by atoms with E-state index >= 15 is 0 Å². The van der Waals surface area contributed by atoms with E-state index < -0.39 is 17.0 Å². The van der Waals surface area contributed by atoms with Crippen molar-refractivity contribution < 1.29 is 29.0 Å². The van der Waals surface area contributed by atoms with Crippen LogP contribution in [0.1, 0.15) is 92.4 Å². The van der Waals surface area contributed by atoms with E-state index in [0.29, 0.717) is 31.1 Å². The number of hydrogen-bond acceptors (Lipinski definition) is 6. The van der Waals surface area contributed by atoms with Gasteiger partial charge >= 0.3 is 11.9 Å². The Labute approximate surface area is 191 Å². The number of hydrogen-bond donors (Lipinski definition) is 1. The van der Waals surface area contributed by atoms with E-state index in [4.69, 9.17) is 9.47 Å². The van der Waals surface area contributed by atoms with Crippen LogP contribution in [0.4, 0.5) is 0 Å². The van der Waals surface area contributed by atoms with Gasteiger partial charge in [-0.1, -0.05) is 20.8 Å². The van der Waals surface area contributed by atoms with Crippen LogP contribution in [0.3, 0.4) is 0 Å². The Hall–Kier alpha value is -1.43. The smallest absolute Gasteiger partial charge is 0.303 e. The van der Waals surface area contributed by atoms with Crippen LogP contribution < -0.4 is 0 Å². The molecule has 0 radical (unpaired) electrons. The molecule has 0 amide bonds. The van der Waals surface area contributed by atoms with Gasteiger partial charge in [-0.25, -0.2) is 0 Å². The van der Waals surface area contributed by atoms with Crippen LogP contribution in [-0.4, -0.2) is 40.6 Å². The molecule has 0 heterocycles. The molecule has 4 fully saturated rings. The summed E-state index contributed by atoms with van der Waals surface area (Å²) < 4.78 is 12.0. The lowest BCUT2D eigenvalue weighted by atomic mass is 9.43. The zero-order valence-corrected chi connectivity index (χ0v) is 20.3. The quantitative estimate of drug-likeness (QED) is 0.648. The lowest BCUT2D eigenvalue weighted by Crippen LogP contribution is -2.64. The first-order valence-corrected chi connectivity index (χ1v) is 12.6. The lowest BCUT2D eigenvalue weighted by molar-refractivity contribution is -0.220. The highest BCUT2D eigenvalue weighted by molar-refractivity contribution is 5.90. The molecule has 6 heteroatoms. The van der Waals surface area contributed by atoms with Crippen LogP contribution in [0.5, 0.6) is 0 Å². The normalized spacial score (nSPS) is 47.6. The molecule has 0 aromatic carbocycles. The number of esters is 2. The molecule has 0 saturated heterocycles. The van der Waals surface area contributed by atoms with Gasteiger partial charge in [0.15, 0.2) is 11.4 Å². The summed E-state index contributed by atoms with van der Waals surface area (Å²) in [5.74, 6) is 0.466. The Morgan fingerprint density at radius 1 is 1.00 bits per heavy atom. The summed E-state index contributed by atoms with van der Waals surface area (Å²) in [6, 6.07) is 0. The third-order valence-electron chi connectivity index (χ3n) is 10.1. The van der Waals surface area contributed by atoms with Crippen molar-refractivity contribution in [2.75, 3.05) is 0 Å². The van der Waals surface area contributed by atoms with Gasteiger partial charge in [-0.05, 0) is 74.5 Å². The molecule has 4 aliphatic rings. The molecule has 0 aliphatic heterocycles. The topological polar surface area (TPSA) is 89.9 Å². The SMILES string of the molecule is CCC(=O)[C@]1(OC(C)=O)CC[C@H]2[C@@H]3CC[C@H]4C[C@@H](O)CC[C@]4(C)[C@H]3[C@@H](OC(C)=O)C[C@@]21C. The van der Waals surface area contributed by atoms with Gasteiger partial charge in [0.05, 0.1) is 6.10 Å². The van der Waals surface area contributed by atoms with Gasteiger partial charge in [-0.15, -0.1) is 0 Å². The molecule has 4 rings (SSSR count). The molecule has 9 atom stereocenters. The van der Waals surface area contributed by atoms with E-state index in [2.05, 4.69) is 13.8 Å². The van der Waals surface area contributed by atoms with Crippen LogP contribution >= 0.6 is 0 Å². The fourth-order valence-electron chi connectivity index (χ4n) is 8.85. The molecule has 0 bridgehead atoms. The summed E-state index contributed by atoms with van der Waals surface area (Å²) in [6.07, 6.45) is 6.32.